The fourth-order valence-corrected chi connectivity index (χ4v) is 3.07. The van der Waals surface area contributed by atoms with E-state index in [4.69, 9.17) is 9.47 Å². The smallest absolute Gasteiger partial charge is 0.410 e. The third-order valence-electron chi connectivity index (χ3n) is 4.17. The average Bonchev–Trinajstić information content (AvgIpc) is 2.74. The third kappa shape index (κ3) is 2.82. The van der Waals surface area contributed by atoms with E-state index in [-0.39, 0.29) is 12.1 Å². The van der Waals surface area contributed by atoms with Gasteiger partial charge in [0.2, 0.25) is 0 Å². The Hall–Kier alpha value is -1.98. The lowest BCUT2D eigenvalue weighted by atomic mass is 9.93. The highest BCUT2D eigenvalue weighted by molar-refractivity contribution is 5.70. The van der Waals surface area contributed by atoms with Crippen LogP contribution in [0.3, 0.4) is 0 Å². The maximum atomic E-state index is 12.2. The number of carbonyl (C=O) groups is 1. The monoisotopic (exact) mass is 305 g/mol. The van der Waals surface area contributed by atoms with Gasteiger partial charge in [-0.2, -0.15) is 0 Å². The predicted molar refractivity (Wildman–Crippen MR) is 83.2 cm³/mol. The van der Waals surface area contributed by atoms with Crippen molar-refractivity contribution in [1.29, 1.82) is 0 Å². The molecule has 0 spiro atoms. The lowest BCUT2D eigenvalue weighted by Crippen LogP contribution is -2.59. The van der Waals surface area contributed by atoms with Crippen LogP contribution in [0.5, 0.6) is 5.75 Å². The molecule has 3 heterocycles. The zero-order valence-electron chi connectivity index (χ0n) is 13.6. The van der Waals surface area contributed by atoms with Crippen LogP contribution in [0, 0.1) is 5.92 Å². The number of pyridine rings is 1. The first-order valence-electron chi connectivity index (χ1n) is 7.61. The number of fused-ring (bicyclic) bond motifs is 1. The molecule has 2 fully saturated rings. The highest BCUT2D eigenvalue weighted by atomic mass is 16.6. The van der Waals surface area contributed by atoms with E-state index in [1.54, 1.807) is 13.3 Å². The molecule has 0 aromatic carbocycles. The molecule has 2 saturated heterocycles. The molecule has 1 aromatic rings. The van der Waals surface area contributed by atoms with Crippen molar-refractivity contribution in [3.63, 3.8) is 0 Å². The average molecular weight is 305 g/mol. The second-order valence-electron chi connectivity index (χ2n) is 6.95. The van der Waals surface area contributed by atoms with Crippen LogP contribution in [0.1, 0.15) is 20.8 Å². The molecule has 2 aliphatic rings. The van der Waals surface area contributed by atoms with E-state index in [0.29, 0.717) is 5.92 Å². The van der Waals surface area contributed by atoms with E-state index in [0.717, 1.165) is 31.1 Å². The minimum Gasteiger partial charge on any atom is -0.495 e. The van der Waals surface area contributed by atoms with Gasteiger partial charge in [0.05, 0.1) is 31.2 Å². The van der Waals surface area contributed by atoms with Crippen LogP contribution in [0.25, 0.3) is 0 Å². The van der Waals surface area contributed by atoms with E-state index < -0.39 is 5.60 Å². The van der Waals surface area contributed by atoms with Crippen molar-refractivity contribution in [3.8, 4) is 5.75 Å². The molecule has 120 valence electrons. The zero-order chi connectivity index (χ0) is 15.9. The molecule has 0 radical (unpaired) electrons. The van der Waals surface area contributed by atoms with Crippen LogP contribution in [0.4, 0.5) is 10.5 Å². The summed E-state index contributed by atoms with van der Waals surface area (Å²) in [5, 5.41) is 0. The van der Waals surface area contributed by atoms with Crippen LogP contribution in [0.2, 0.25) is 0 Å². The second-order valence-corrected chi connectivity index (χ2v) is 6.95. The molecule has 3 rings (SSSR count). The van der Waals surface area contributed by atoms with Gasteiger partial charge in [0, 0.05) is 31.6 Å². The molecular formula is C16H23N3O3. The van der Waals surface area contributed by atoms with Gasteiger partial charge in [-0.05, 0) is 20.8 Å². The molecule has 1 amide bonds. The first-order valence-corrected chi connectivity index (χ1v) is 7.61. The van der Waals surface area contributed by atoms with Crippen molar-refractivity contribution in [2.24, 2.45) is 5.92 Å². The minimum absolute atomic E-state index is 0.209. The Bertz CT molecular complexity index is 570. The van der Waals surface area contributed by atoms with E-state index in [9.17, 15) is 4.79 Å². The fraction of sp³-hybridized carbons (Fsp3) is 0.625. The normalized spacial score (nSPS) is 23.8. The Morgan fingerprint density at radius 2 is 2.05 bits per heavy atom. The predicted octanol–water partition coefficient (Wildman–Crippen LogP) is 2.15. The van der Waals surface area contributed by atoms with Crippen LogP contribution in [-0.4, -0.2) is 54.4 Å². The van der Waals surface area contributed by atoms with E-state index in [2.05, 4.69) is 9.88 Å². The Kier molecular flexibility index (Phi) is 3.62. The molecule has 1 aromatic heterocycles. The summed E-state index contributed by atoms with van der Waals surface area (Å²) < 4.78 is 10.7. The third-order valence-corrected chi connectivity index (χ3v) is 4.17. The number of anilines is 1. The van der Waals surface area contributed by atoms with Gasteiger partial charge in [-0.15, -0.1) is 0 Å². The number of amides is 1. The number of nitrogens with zero attached hydrogens (tertiary/aromatic N) is 3. The van der Waals surface area contributed by atoms with E-state index in [1.807, 2.05) is 37.9 Å². The molecule has 0 aliphatic carbocycles. The van der Waals surface area contributed by atoms with Crippen LogP contribution < -0.4 is 9.64 Å². The van der Waals surface area contributed by atoms with Crippen molar-refractivity contribution >= 4 is 11.8 Å². The Labute approximate surface area is 131 Å². The Balaban J connectivity index is 1.64. The SMILES string of the molecule is COc1cncc(N2C[C@@H]3CN(C(=O)OC(C)(C)C)[C@@H]3C2)c1. The van der Waals surface area contributed by atoms with Gasteiger partial charge in [-0.3, -0.25) is 4.98 Å². The van der Waals surface area contributed by atoms with Crippen molar-refractivity contribution in [2.75, 3.05) is 31.6 Å². The van der Waals surface area contributed by atoms with Crippen molar-refractivity contribution < 1.29 is 14.3 Å². The minimum atomic E-state index is -0.447. The summed E-state index contributed by atoms with van der Waals surface area (Å²) in [6, 6.07) is 2.22. The number of ether oxygens (including phenoxy) is 2. The Morgan fingerprint density at radius 1 is 1.27 bits per heavy atom. The molecule has 22 heavy (non-hydrogen) atoms. The number of likely N-dealkylation sites (tertiary alicyclic amines) is 1. The quantitative estimate of drug-likeness (QED) is 0.838. The lowest BCUT2D eigenvalue weighted by molar-refractivity contribution is -0.0163. The molecule has 6 heteroatoms. The molecule has 2 atom stereocenters. The zero-order valence-corrected chi connectivity index (χ0v) is 13.6. The summed E-state index contributed by atoms with van der Waals surface area (Å²) in [6.07, 6.45) is 3.33. The van der Waals surface area contributed by atoms with Gasteiger partial charge in [-0.1, -0.05) is 0 Å². The van der Waals surface area contributed by atoms with Gasteiger partial charge < -0.3 is 19.3 Å². The largest absolute Gasteiger partial charge is 0.495 e. The van der Waals surface area contributed by atoms with Crippen molar-refractivity contribution in [1.82, 2.24) is 9.88 Å². The summed E-state index contributed by atoms with van der Waals surface area (Å²) in [5.74, 6) is 1.26. The summed E-state index contributed by atoms with van der Waals surface area (Å²) in [4.78, 5) is 20.5. The maximum Gasteiger partial charge on any atom is 0.410 e. The second kappa shape index (κ2) is 5.34. The van der Waals surface area contributed by atoms with Crippen LogP contribution in [-0.2, 0) is 4.74 Å². The fourth-order valence-electron chi connectivity index (χ4n) is 3.07. The lowest BCUT2D eigenvalue weighted by Gasteiger charge is -2.43. The topological polar surface area (TPSA) is 54.9 Å². The first-order chi connectivity index (χ1) is 10.4. The number of aromatic nitrogens is 1. The van der Waals surface area contributed by atoms with Gasteiger partial charge >= 0.3 is 6.09 Å². The summed E-state index contributed by atoms with van der Waals surface area (Å²) in [7, 11) is 1.64. The molecule has 0 bridgehead atoms. The van der Waals surface area contributed by atoms with E-state index >= 15 is 0 Å². The molecular weight excluding hydrogens is 282 g/mol. The van der Waals surface area contributed by atoms with Crippen molar-refractivity contribution in [2.45, 2.75) is 32.4 Å². The molecule has 0 N–H and O–H groups in total. The maximum absolute atomic E-state index is 12.2. The number of rotatable bonds is 2. The van der Waals surface area contributed by atoms with Gasteiger partial charge in [0.15, 0.2) is 0 Å². The summed E-state index contributed by atoms with van der Waals surface area (Å²) in [5.41, 5.74) is 0.592. The number of hydrogen-bond acceptors (Lipinski definition) is 5. The van der Waals surface area contributed by atoms with Crippen molar-refractivity contribution in [3.05, 3.63) is 18.5 Å². The Morgan fingerprint density at radius 3 is 2.73 bits per heavy atom. The summed E-state index contributed by atoms with van der Waals surface area (Å²) >= 11 is 0. The van der Waals surface area contributed by atoms with E-state index in [1.165, 1.54) is 0 Å². The molecule has 0 saturated carbocycles. The number of carbonyl (C=O) groups excluding carboxylic acids is 1. The highest BCUT2D eigenvalue weighted by Crippen LogP contribution is 2.36. The van der Waals surface area contributed by atoms with Gasteiger partial charge in [-0.25, -0.2) is 4.79 Å². The van der Waals surface area contributed by atoms with Gasteiger partial charge in [0.25, 0.3) is 0 Å². The molecule has 6 nitrogen and oxygen atoms in total. The highest BCUT2D eigenvalue weighted by Gasteiger charge is 2.49. The first kappa shape index (κ1) is 14.9. The summed E-state index contributed by atoms with van der Waals surface area (Å²) in [6.45, 7) is 8.21. The standard InChI is InChI=1S/C16H23N3O3/c1-16(2,3)22-15(20)19-9-11-8-18(10-14(11)19)12-5-13(21-4)7-17-6-12/h5-7,11,14H,8-10H2,1-4H3/t11-,14-/m1/s1. The number of methoxy groups -OCH3 is 1. The van der Waals surface area contributed by atoms with Crippen LogP contribution >= 0.6 is 0 Å². The molecule has 2 aliphatic heterocycles. The van der Waals surface area contributed by atoms with Gasteiger partial charge in [0.1, 0.15) is 11.4 Å². The molecule has 0 unspecified atom stereocenters. The number of hydrogen-bond donors (Lipinski definition) is 0. The van der Waals surface area contributed by atoms with Crippen LogP contribution in [0.15, 0.2) is 18.5 Å².